The lowest BCUT2D eigenvalue weighted by atomic mass is 9.79. The maximum absolute atomic E-state index is 5.51. The fourth-order valence-electron chi connectivity index (χ4n) is 0.872. The third-order valence-electron chi connectivity index (χ3n) is 2.32. The SMILES string of the molecule is [B]CC(C)[C@H](C)C(C)C. The molecule has 0 bridgehead atoms. The van der Waals surface area contributed by atoms with E-state index in [2.05, 4.69) is 27.7 Å². The van der Waals surface area contributed by atoms with Crippen molar-refractivity contribution in [3.63, 3.8) is 0 Å². The molecule has 0 aliphatic rings. The van der Waals surface area contributed by atoms with Crippen molar-refractivity contribution in [2.45, 2.75) is 34.0 Å². The normalized spacial score (nSPS) is 17.9. The predicted molar refractivity (Wildman–Crippen MR) is 43.7 cm³/mol. The Kier molecular flexibility index (Phi) is 4.00. The molecule has 0 aliphatic heterocycles. The zero-order chi connectivity index (χ0) is 7.44. The van der Waals surface area contributed by atoms with Crippen molar-refractivity contribution in [3.8, 4) is 0 Å². The van der Waals surface area contributed by atoms with Crippen LogP contribution in [0.1, 0.15) is 27.7 Å². The molecule has 0 N–H and O–H groups in total. The zero-order valence-electron chi connectivity index (χ0n) is 7.02. The average molecular weight is 124 g/mol. The summed E-state index contributed by atoms with van der Waals surface area (Å²) >= 11 is 0. The second-order valence-corrected chi connectivity index (χ2v) is 3.32. The summed E-state index contributed by atoms with van der Waals surface area (Å²) in [5, 5.41) is 0. The van der Waals surface area contributed by atoms with Gasteiger partial charge in [0.15, 0.2) is 0 Å². The van der Waals surface area contributed by atoms with Crippen molar-refractivity contribution in [1.29, 1.82) is 0 Å². The highest BCUT2D eigenvalue weighted by Crippen LogP contribution is 2.21. The van der Waals surface area contributed by atoms with E-state index in [1.165, 1.54) is 0 Å². The summed E-state index contributed by atoms with van der Waals surface area (Å²) < 4.78 is 0. The molecule has 0 spiro atoms. The Bertz CT molecular complexity index is 69.0. The van der Waals surface area contributed by atoms with E-state index in [4.69, 9.17) is 7.85 Å². The van der Waals surface area contributed by atoms with E-state index in [9.17, 15) is 0 Å². The van der Waals surface area contributed by atoms with E-state index in [1.807, 2.05) is 0 Å². The lowest BCUT2D eigenvalue weighted by molar-refractivity contribution is 0.316. The monoisotopic (exact) mass is 124 g/mol. The van der Waals surface area contributed by atoms with Crippen LogP contribution in [0.2, 0.25) is 6.32 Å². The molecule has 0 aromatic rings. The summed E-state index contributed by atoms with van der Waals surface area (Å²) in [5.74, 6) is 2.20. The van der Waals surface area contributed by atoms with Crippen LogP contribution in [0.15, 0.2) is 0 Å². The summed E-state index contributed by atoms with van der Waals surface area (Å²) in [5.41, 5.74) is 0. The quantitative estimate of drug-likeness (QED) is 0.507. The summed E-state index contributed by atoms with van der Waals surface area (Å²) in [6, 6.07) is 0. The summed E-state index contributed by atoms with van der Waals surface area (Å²) in [7, 11) is 5.51. The molecular formula is C8H17B. The van der Waals surface area contributed by atoms with Gasteiger partial charge in [-0.1, -0.05) is 34.0 Å². The van der Waals surface area contributed by atoms with Crippen LogP contribution < -0.4 is 0 Å². The van der Waals surface area contributed by atoms with Crippen molar-refractivity contribution in [1.82, 2.24) is 0 Å². The lowest BCUT2D eigenvalue weighted by Crippen LogP contribution is -2.13. The van der Waals surface area contributed by atoms with E-state index >= 15 is 0 Å². The number of rotatable bonds is 3. The molecule has 0 saturated carbocycles. The van der Waals surface area contributed by atoms with Gasteiger partial charge in [0.25, 0.3) is 0 Å². The molecule has 1 heteroatoms. The molecule has 0 fully saturated rings. The van der Waals surface area contributed by atoms with Crippen LogP contribution in [0, 0.1) is 17.8 Å². The van der Waals surface area contributed by atoms with E-state index < -0.39 is 0 Å². The molecule has 0 nitrogen and oxygen atoms in total. The molecule has 0 amide bonds. The highest BCUT2D eigenvalue weighted by molar-refractivity contribution is 6.08. The van der Waals surface area contributed by atoms with Crippen molar-refractivity contribution in [2.75, 3.05) is 0 Å². The van der Waals surface area contributed by atoms with Gasteiger partial charge < -0.3 is 0 Å². The molecule has 2 atom stereocenters. The van der Waals surface area contributed by atoms with Gasteiger partial charge in [-0.25, -0.2) is 0 Å². The maximum Gasteiger partial charge on any atom is 0.0656 e. The Morgan fingerprint density at radius 3 is 1.67 bits per heavy atom. The molecule has 0 heterocycles. The van der Waals surface area contributed by atoms with E-state index in [-0.39, 0.29) is 0 Å². The van der Waals surface area contributed by atoms with Gasteiger partial charge in [-0.15, -0.1) is 0 Å². The second-order valence-electron chi connectivity index (χ2n) is 3.32. The molecule has 1 unspecified atom stereocenters. The average Bonchev–Trinajstić information content (AvgIpc) is 1.84. The minimum atomic E-state index is 0.671. The summed E-state index contributed by atoms with van der Waals surface area (Å²) in [4.78, 5) is 0. The van der Waals surface area contributed by atoms with Crippen LogP contribution in [-0.4, -0.2) is 7.85 Å². The maximum atomic E-state index is 5.51. The minimum Gasteiger partial charge on any atom is -0.0859 e. The smallest absolute Gasteiger partial charge is 0.0656 e. The Labute approximate surface area is 60.4 Å². The molecule has 9 heavy (non-hydrogen) atoms. The number of hydrogen-bond acceptors (Lipinski definition) is 0. The van der Waals surface area contributed by atoms with E-state index in [1.54, 1.807) is 0 Å². The largest absolute Gasteiger partial charge is 0.0859 e. The van der Waals surface area contributed by atoms with Crippen LogP contribution in [0.5, 0.6) is 0 Å². The first-order valence-electron chi connectivity index (χ1n) is 3.79. The first-order chi connectivity index (χ1) is 4.09. The van der Waals surface area contributed by atoms with E-state index in [0.717, 1.165) is 18.2 Å². The van der Waals surface area contributed by atoms with Gasteiger partial charge in [-0.3, -0.25) is 0 Å². The van der Waals surface area contributed by atoms with Crippen molar-refractivity contribution < 1.29 is 0 Å². The van der Waals surface area contributed by atoms with Gasteiger partial charge in [-0.05, 0) is 17.8 Å². The number of hydrogen-bond donors (Lipinski definition) is 0. The third kappa shape index (κ3) is 2.93. The van der Waals surface area contributed by atoms with Crippen LogP contribution in [-0.2, 0) is 0 Å². The highest BCUT2D eigenvalue weighted by Gasteiger charge is 2.12. The van der Waals surface area contributed by atoms with Crippen LogP contribution in [0.4, 0.5) is 0 Å². The van der Waals surface area contributed by atoms with Crippen LogP contribution in [0.3, 0.4) is 0 Å². The van der Waals surface area contributed by atoms with Gasteiger partial charge in [0.1, 0.15) is 0 Å². The molecule has 0 aliphatic carbocycles. The molecular weight excluding hydrogens is 107 g/mol. The molecule has 2 radical (unpaired) electrons. The first-order valence-corrected chi connectivity index (χ1v) is 3.79. The standard InChI is InChI=1S/C8H17B/c1-6(2)8(4)7(3)5-9/h6-8H,5H2,1-4H3/t7?,8-/m1/s1. The van der Waals surface area contributed by atoms with Gasteiger partial charge >= 0.3 is 0 Å². The van der Waals surface area contributed by atoms with Gasteiger partial charge in [-0.2, -0.15) is 0 Å². The predicted octanol–water partition coefficient (Wildman–Crippen LogP) is 2.50. The molecule has 52 valence electrons. The summed E-state index contributed by atoms with van der Waals surface area (Å²) in [6.07, 6.45) is 0.819. The Morgan fingerprint density at radius 2 is 1.56 bits per heavy atom. The van der Waals surface area contributed by atoms with Crippen molar-refractivity contribution in [2.24, 2.45) is 17.8 Å². The fourth-order valence-corrected chi connectivity index (χ4v) is 0.872. The topological polar surface area (TPSA) is 0 Å². The third-order valence-corrected chi connectivity index (χ3v) is 2.32. The second kappa shape index (κ2) is 3.97. The van der Waals surface area contributed by atoms with Crippen molar-refractivity contribution >= 4 is 7.85 Å². The highest BCUT2D eigenvalue weighted by atomic mass is 14.2. The molecule has 0 saturated heterocycles. The van der Waals surface area contributed by atoms with Crippen LogP contribution >= 0.6 is 0 Å². The Morgan fingerprint density at radius 1 is 1.11 bits per heavy atom. The van der Waals surface area contributed by atoms with Gasteiger partial charge in [0, 0.05) is 0 Å². The van der Waals surface area contributed by atoms with Gasteiger partial charge in [0.2, 0.25) is 0 Å². The van der Waals surface area contributed by atoms with E-state index in [0.29, 0.717) is 5.92 Å². The van der Waals surface area contributed by atoms with Crippen LogP contribution in [0.25, 0.3) is 0 Å². The fraction of sp³-hybridized carbons (Fsp3) is 1.00. The Balaban J connectivity index is 3.58. The molecule has 0 rings (SSSR count). The Hall–Kier alpha value is 0.0649. The van der Waals surface area contributed by atoms with Gasteiger partial charge in [0.05, 0.1) is 7.85 Å². The summed E-state index contributed by atoms with van der Waals surface area (Å²) in [6.45, 7) is 8.97. The lowest BCUT2D eigenvalue weighted by Gasteiger charge is -2.21. The molecule has 0 aromatic carbocycles. The zero-order valence-corrected chi connectivity index (χ0v) is 7.02. The first kappa shape index (κ1) is 9.06. The van der Waals surface area contributed by atoms with Crippen molar-refractivity contribution in [3.05, 3.63) is 0 Å². The molecule has 0 aromatic heterocycles. The minimum absolute atomic E-state index is 0.671.